The highest BCUT2D eigenvalue weighted by atomic mass is 32.1. The number of aliphatic hydroxyl groups is 1. The van der Waals surface area contributed by atoms with Crippen molar-refractivity contribution in [3.8, 4) is 0 Å². The van der Waals surface area contributed by atoms with Crippen LogP contribution < -0.4 is 33.2 Å². The van der Waals surface area contributed by atoms with Gasteiger partial charge in [-0.15, -0.1) is 0 Å². The quantitative estimate of drug-likeness (QED) is 0.0507. The number of rotatable bonds is 15. The second-order valence-electron chi connectivity index (χ2n) is 8.11. The largest absolute Gasteiger partial charge is 0.480 e. The molecule has 14 heteroatoms. The second kappa shape index (κ2) is 15.6. The second-order valence-corrected chi connectivity index (χ2v) is 8.47. The Morgan fingerprint density at radius 2 is 1.53 bits per heavy atom. The molecule has 1 aromatic rings. The van der Waals surface area contributed by atoms with Crippen molar-refractivity contribution < 1.29 is 29.4 Å². The summed E-state index contributed by atoms with van der Waals surface area (Å²) in [5.41, 5.74) is 16.9. The van der Waals surface area contributed by atoms with Crippen molar-refractivity contribution >= 4 is 42.3 Å². The zero-order chi connectivity index (χ0) is 27.3. The molecule has 5 unspecified atom stereocenters. The Morgan fingerprint density at radius 3 is 2.06 bits per heavy atom. The summed E-state index contributed by atoms with van der Waals surface area (Å²) < 4.78 is 0. The molecule has 3 amide bonds. The number of carbonyl (C=O) groups excluding carboxylic acids is 3. The van der Waals surface area contributed by atoms with Crippen LogP contribution in [-0.2, 0) is 25.6 Å². The number of aliphatic imine (C=N–C) groups is 1. The Balaban J connectivity index is 2.98. The van der Waals surface area contributed by atoms with Crippen molar-refractivity contribution in [3.05, 3.63) is 35.9 Å². The van der Waals surface area contributed by atoms with Crippen LogP contribution >= 0.6 is 12.6 Å². The van der Waals surface area contributed by atoms with Gasteiger partial charge in [0.15, 0.2) is 5.96 Å². The SMILES string of the molecule is CC(O)C(N)C(=O)NC(CS)C(=O)NC(CCCN=C(N)N)C(=O)NC(Cc1ccccc1)C(=O)O. The first kappa shape index (κ1) is 30.7. The molecule has 1 rings (SSSR count). The summed E-state index contributed by atoms with van der Waals surface area (Å²) in [6.45, 7) is 1.50. The van der Waals surface area contributed by atoms with E-state index >= 15 is 0 Å². The van der Waals surface area contributed by atoms with Crippen LogP contribution in [0.4, 0.5) is 0 Å². The van der Waals surface area contributed by atoms with Crippen LogP contribution in [0.2, 0.25) is 0 Å². The highest BCUT2D eigenvalue weighted by Gasteiger charge is 2.30. The average Bonchev–Trinajstić information content (AvgIpc) is 2.83. The maximum Gasteiger partial charge on any atom is 0.326 e. The van der Waals surface area contributed by atoms with E-state index in [1.165, 1.54) is 6.92 Å². The maximum atomic E-state index is 13.0. The van der Waals surface area contributed by atoms with Gasteiger partial charge >= 0.3 is 5.97 Å². The smallest absolute Gasteiger partial charge is 0.326 e. The third-order valence-corrected chi connectivity index (χ3v) is 5.48. The van der Waals surface area contributed by atoms with Crippen molar-refractivity contribution in [3.63, 3.8) is 0 Å². The number of aliphatic hydroxyl groups excluding tert-OH is 1. The number of carboxylic acid groups (broad SMARTS) is 1. The molecule has 0 aliphatic carbocycles. The summed E-state index contributed by atoms with van der Waals surface area (Å²) in [4.78, 5) is 53.6. The molecule has 0 saturated carbocycles. The molecule has 0 spiro atoms. The first-order chi connectivity index (χ1) is 17.0. The summed E-state index contributed by atoms with van der Waals surface area (Å²) in [7, 11) is 0. The number of carbonyl (C=O) groups is 4. The number of aliphatic carboxylic acids is 1. The van der Waals surface area contributed by atoms with Gasteiger partial charge in [0.25, 0.3) is 0 Å². The van der Waals surface area contributed by atoms with Crippen molar-refractivity contribution in [1.29, 1.82) is 0 Å². The molecule has 0 aliphatic rings. The fraction of sp³-hybridized carbons (Fsp3) is 0.500. The number of hydrogen-bond donors (Lipinski definition) is 9. The minimum atomic E-state index is -1.27. The van der Waals surface area contributed by atoms with Gasteiger partial charge in [-0.2, -0.15) is 12.6 Å². The number of amides is 3. The lowest BCUT2D eigenvalue weighted by Gasteiger charge is -2.25. The first-order valence-corrected chi connectivity index (χ1v) is 11.9. The number of guanidine groups is 1. The van der Waals surface area contributed by atoms with E-state index in [1.807, 2.05) is 0 Å². The molecular formula is C22H35N7O6S. The fourth-order valence-electron chi connectivity index (χ4n) is 3.05. The topological polar surface area (TPSA) is 235 Å². The van der Waals surface area contributed by atoms with E-state index in [0.717, 1.165) is 0 Å². The zero-order valence-corrected chi connectivity index (χ0v) is 20.9. The van der Waals surface area contributed by atoms with E-state index in [1.54, 1.807) is 30.3 Å². The molecule has 11 N–H and O–H groups in total. The Kier molecular flexibility index (Phi) is 13.3. The van der Waals surface area contributed by atoms with E-state index in [4.69, 9.17) is 17.2 Å². The van der Waals surface area contributed by atoms with Crippen LogP contribution in [0.25, 0.3) is 0 Å². The lowest BCUT2D eigenvalue weighted by atomic mass is 10.0. The Hall–Kier alpha value is -3.36. The fourth-order valence-corrected chi connectivity index (χ4v) is 3.31. The predicted octanol–water partition coefficient (Wildman–Crippen LogP) is -2.54. The molecule has 200 valence electrons. The maximum absolute atomic E-state index is 13.0. The normalized spacial score (nSPS) is 14.9. The van der Waals surface area contributed by atoms with Gasteiger partial charge in [0.1, 0.15) is 24.2 Å². The minimum Gasteiger partial charge on any atom is -0.480 e. The Bertz CT molecular complexity index is 911. The molecule has 0 aliphatic heterocycles. The molecule has 0 aromatic heterocycles. The molecule has 36 heavy (non-hydrogen) atoms. The molecular weight excluding hydrogens is 490 g/mol. The highest BCUT2D eigenvalue weighted by molar-refractivity contribution is 7.80. The number of nitrogens with two attached hydrogens (primary N) is 3. The summed E-state index contributed by atoms with van der Waals surface area (Å²) in [6, 6.07) is 3.89. The average molecular weight is 526 g/mol. The van der Waals surface area contributed by atoms with Crippen molar-refractivity contribution in [2.24, 2.45) is 22.2 Å². The number of benzene rings is 1. The molecule has 0 bridgehead atoms. The van der Waals surface area contributed by atoms with E-state index < -0.39 is 54.0 Å². The van der Waals surface area contributed by atoms with Gasteiger partial charge in [0, 0.05) is 18.7 Å². The lowest BCUT2D eigenvalue weighted by molar-refractivity contribution is -0.142. The van der Waals surface area contributed by atoms with Gasteiger partial charge in [-0.3, -0.25) is 19.4 Å². The van der Waals surface area contributed by atoms with Crippen LogP contribution in [0.15, 0.2) is 35.3 Å². The molecule has 0 radical (unpaired) electrons. The van der Waals surface area contributed by atoms with Gasteiger partial charge in [0.2, 0.25) is 17.7 Å². The van der Waals surface area contributed by atoms with Gasteiger partial charge in [-0.05, 0) is 25.3 Å². The third-order valence-electron chi connectivity index (χ3n) is 5.11. The van der Waals surface area contributed by atoms with E-state index in [-0.39, 0.29) is 37.5 Å². The Morgan fingerprint density at radius 1 is 0.972 bits per heavy atom. The number of nitrogens with one attached hydrogen (secondary N) is 3. The van der Waals surface area contributed by atoms with Crippen LogP contribution in [0.3, 0.4) is 0 Å². The van der Waals surface area contributed by atoms with Gasteiger partial charge in [-0.1, -0.05) is 30.3 Å². The van der Waals surface area contributed by atoms with Crippen LogP contribution in [0.5, 0.6) is 0 Å². The number of thiol groups is 1. The lowest BCUT2D eigenvalue weighted by Crippen LogP contribution is -2.58. The van der Waals surface area contributed by atoms with E-state index in [2.05, 4.69) is 33.6 Å². The number of carboxylic acids is 1. The van der Waals surface area contributed by atoms with E-state index in [9.17, 15) is 29.4 Å². The van der Waals surface area contributed by atoms with Crippen molar-refractivity contribution in [2.45, 2.75) is 56.5 Å². The molecule has 0 heterocycles. The minimum absolute atomic E-state index is 0.0309. The predicted molar refractivity (Wildman–Crippen MR) is 137 cm³/mol. The highest BCUT2D eigenvalue weighted by Crippen LogP contribution is 2.06. The van der Waals surface area contributed by atoms with Crippen LogP contribution in [-0.4, -0.2) is 82.4 Å². The monoisotopic (exact) mass is 525 g/mol. The number of nitrogens with zero attached hydrogens (tertiary/aromatic N) is 1. The van der Waals surface area contributed by atoms with Gasteiger partial charge in [-0.25, -0.2) is 4.79 Å². The van der Waals surface area contributed by atoms with Crippen molar-refractivity contribution in [1.82, 2.24) is 16.0 Å². The molecule has 0 saturated heterocycles. The summed E-state index contributed by atoms with van der Waals surface area (Å²) >= 11 is 4.07. The van der Waals surface area contributed by atoms with Gasteiger partial charge in [0.05, 0.1) is 6.10 Å². The molecule has 5 atom stereocenters. The van der Waals surface area contributed by atoms with Gasteiger partial charge < -0.3 is 43.4 Å². The number of hydrogen-bond acceptors (Lipinski definition) is 8. The summed E-state index contributed by atoms with van der Waals surface area (Å²) in [5.74, 6) is -3.76. The summed E-state index contributed by atoms with van der Waals surface area (Å²) in [6.07, 6.45) is -0.757. The van der Waals surface area contributed by atoms with Crippen LogP contribution in [0, 0.1) is 0 Å². The van der Waals surface area contributed by atoms with Crippen LogP contribution in [0.1, 0.15) is 25.3 Å². The van der Waals surface area contributed by atoms with E-state index in [0.29, 0.717) is 5.56 Å². The summed E-state index contributed by atoms with van der Waals surface area (Å²) in [5, 5.41) is 26.4. The molecule has 1 aromatic carbocycles. The zero-order valence-electron chi connectivity index (χ0n) is 20.0. The first-order valence-electron chi connectivity index (χ1n) is 11.2. The Labute approximate surface area is 214 Å². The molecule has 0 fully saturated rings. The third kappa shape index (κ3) is 10.9. The molecule has 13 nitrogen and oxygen atoms in total. The standard InChI is InChI=1S/C22H35N7O6S/c1-12(30)17(23)20(33)29-16(11-36)19(32)27-14(8-5-9-26-22(24)25)18(31)28-15(21(34)35)10-13-6-3-2-4-7-13/h2-4,6-7,12,14-17,30,36H,5,8-11,23H2,1H3,(H,27,32)(H,28,31)(H,29,33)(H,34,35)(H4,24,25,26). The van der Waals surface area contributed by atoms with Crippen molar-refractivity contribution in [2.75, 3.05) is 12.3 Å².